The van der Waals surface area contributed by atoms with Gasteiger partial charge in [-0.2, -0.15) is 8.78 Å². The lowest BCUT2D eigenvalue weighted by atomic mass is 10.0. The van der Waals surface area contributed by atoms with E-state index in [-0.39, 0.29) is 30.6 Å². The molecule has 1 aromatic carbocycles. The van der Waals surface area contributed by atoms with E-state index < -0.39 is 37.2 Å². The normalized spacial score (nSPS) is 13.2. The Labute approximate surface area is 185 Å². The Kier molecular flexibility index (Phi) is 8.03. The number of ether oxygens (including phenoxy) is 2. The number of carbonyl (C=O) groups excluding carboxylic acids is 1. The van der Waals surface area contributed by atoms with E-state index in [0.717, 1.165) is 0 Å². The summed E-state index contributed by atoms with van der Waals surface area (Å²) in [5.41, 5.74) is 0.971. The molecule has 0 unspecified atom stereocenters. The number of nitrogens with zero attached hydrogens (tertiary/aromatic N) is 2. The fourth-order valence-corrected chi connectivity index (χ4v) is 3.10. The van der Waals surface area contributed by atoms with Crippen molar-refractivity contribution in [3.63, 3.8) is 0 Å². The second-order valence-electron chi connectivity index (χ2n) is 6.91. The number of aliphatic hydroxyl groups excluding tert-OH is 2. The summed E-state index contributed by atoms with van der Waals surface area (Å²) in [6.45, 7) is -2.55. The van der Waals surface area contributed by atoms with Crippen LogP contribution in [0.1, 0.15) is 24.2 Å². The zero-order valence-corrected chi connectivity index (χ0v) is 17.4. The van der Waals surface area contributed by atoms with Crippen LogP contribution in [0.2, 0.25) is 0 Å². The first-order valence-corrected chi connectivity index (χ1v) is 9.81. The van der Waals surface area contributed by atoms with Gasteiger partial charge in [0.2, 0.25) is 5.88 Å². The van der Waals surface area contributed by atoms with Crippen molar-refractivity contribution >= 4 is 22.8 Å². The molecule has 178 valence electrons. The lowest BCUT2D eigenvalue weighted by Crippen LogP contribution is -2.38. The van der Waals surface area contributed by atoms with Gasteiger partial charge >= 0.3 is 12.6 Å². The molecule has 2 amide bonds. The summed E-state index contributed by atoms with van der Waals surface area (Å²) in [6.07, 6.45) is -0.981. The Morgan fingerprint density at radius 3 is 2.61 bits per heavy atom. The van der Waals surface area contributed by atoms with E-state index >= 15 is 0 Å². The van der Waals surface area contributed by atoms with Crippen molar-refractivity contribution in [2.24, 2.45) is 0 Å². The number of hydrogen-bond acceptors (Lipinski definition) is 7. The Morgan fingerprint density at radius 1 is 1.24 bits per heavy atom. The van der Waals surface area contributed by atoms with E-state index in [1.807, 2.05) is 0 Å². The van der Waals surface area contributed by atoms with Crippen molar-refractivity contribution in [3.05, 3.63) is 47.4 Å². The number of rotatable bonds is 10. The van der Waals surface area contributed by atoms with Crippen LogP contribution < -0.4 is 15.4 Å². The van der Waals surface area contributed by atoms with E-state index in [9.17, 15) is 28.2 Å². The third-order valence-corrected chi connectivity index (χ3v) is 4.54. The molecule has 13 heteroatoms. The van der Waals surface area contributed by atoms with Gasteiger partial charge in [-0.05, 0) is 24.6 Å². The molecular weight excluding hydrogens is 447 g/mol. The number of halogens is 3. The summed E-state index contributed by atoms with van der Waals surface area (Å²) >= 11 is 0. The van der Waals surface area contributed by atoms with Crippen LogP contribution in [0, 0.1) is 5.82 Å². The number of fused-ring (bicyclic) bond motifs is 1. The molecule has 3 aromatic rings. The molecule has 10 nitrogen and oxygen atoms in total. The molecule has 0 aliphatic rings. The van der Waals surface area contributed by atoms with E-state index in [1.165, 1.54) is 37.3 Å². The largest absolute Gasteiger partial charge is 0.474 e. The molecule has 0 fully saturated rings. The third kappa shape index (κ3) is 6.31. The molecule has 0 bridgehead atoms. The molecule has 2 heterocycles. The van der Waals surface area contributed by atoms with Gasteiger partial charge < -0.3 is 25.0 Å². The summed E-state index contributed by atoms with van der Waals surface area (Å²) in [4.78, 5) is 16.7. The van der Waals surface area contributed by atoms with Crippen LogP contribution in [0.25, 0.3) is 10.9 Å². The van der Waals surface area contributed by atoms with Gasteiger partial charge in [0.25, 0.3) is 0 Å². The van der Waals surface area contributed by atoms with Crippen LogP contribution in [0.3, 0.4) is 0 Å². The number of aliphatic hydroxyl groups is 2. The lowest BCUT2D eigenvalue weighted by Gasteiger charge is -2.22. The van der Waals surface area contributed by atoms with E-state index in [2.05, 4.69) is 30.6 Å². The first kappa shape index (κ1) is 24.2. The van der Waals surface area contributed by atoms with Crippen molar-refractivity contribution in [1.29, 1.82) is 0 Å². The van der Waals surface area contributed by atoms with Crippen LogP contribution in [0.4, 0.5) is 23.8 Å². The quantitative estimate of drug-likeness (QED) is 0.287. The maximum atomic E-state index is 13.2. The maximum absolute atomic E-state index is 13.2. The van der Waals surface area contributed by atoms with Crippen molar-refractivity contribution in [3.8, 4) is 5.88 Å². The number of amides is 2. The summed E-state index contributed by atoms with van der Waals surface area (Å²) in [5, 5.41) is 31.7. The summed E-state index contributed by atoms with van der Waals surface area (Å²) in [6, 6.07) is 5.21. The van der Waals surface area contributed by atoms with E-state index in [1.54, 1.807) is 0 Å². The van der Waals surface area contributed by atoms with E-state index in [4.69, 9.17) is 4.74 Å². The zero-order valence-electron chi connectivity index (χ0n) is 17.4. The number of carbonyl (C=O) groups is 1. The van der Waals surface area contributed by atoms with Gasteiger partial charge in [-0.25, -0.2) is 14.2 Å². The van der Waals surface area contributed by atoms with E-state index in [0.29, 0.717) is 16.5 Å². The van der Waals surface area contributed by atoms with Crippen LogP contribution in [-0.2, 0) is 11.3 Å². The number of aromatic nitrogens is 3. The summed E-state index contributed by atoms with van der Waals surface area (Å²) < 4.78 is 46.7. The topological polar surface area (TPSA) is 142 Å². The number of benzene rings is 1. The Hall–Kier alpha value is -3.42. The molecule has 3 rings (SSSR count). The minimum absolute atomic E-state index is 0.0286. The molecule has 0 aliphatic heterocycles. The van der Waals surface area contributed by atoms with Crippen molar-refractivity contribution in [2.75, 3.05) is 18.5 Å². The predicted octanol–water partition coefficient (Wildman–Crippen LogP) is 2.45. The highest BCUT2D eigenvalue weighted by Crippen LogP contribution is 2.28. The van der Waals surface area contributed by atoms with Crippen molar-refractivity contribution in [1.82, 2.24) is 20.5 Å². The SMILES string of the molecule is C[C@@H](O)[C@@H](NC(=O)Nc1cc2[nH]nc(OCCOC(F)F)c2c(CO)n1)c1ccc(F)cc1. The molecule has 5 N–H and O–H groups in total. The van der Waals surface area contributed by atoms with Gasteiger partial charge in [0, 0.05) is 6.07 Å². The molecule has 0 saturated carbocycles. The number of H-pyrrole nitrogens is 1. The van der Waals surface area contributed by atoms with Crippen LogP contribution in [0.15, 0.2) is 30.3 Å². The number of alkyl halides is 2. The van der Waals surface area contributed by atoms with Gasteiger partial charge in [0.1, 0.15) is 18.2 Å². The number of pyridine rings is 1. The standard InChI is InChI=1S/C20H22F3N5O5/c1-10(30)17(11-2-4-12(21)5-3-11)26-20(31)25-15-8-13-16(14(9-29)24-15)18(28-27-13)32-6-7-33-19(22)23/h2-5,8,10,17,19,29-30H,6-7,9H2,1H3,(H,27,28)(H2,24,25,26,31)/t10-,17-/m1/s1. The highest BCUT2D eigenvalue weighted by molar-refractivity contribution is 5.93. The van der Waals surface area contributed by atoms with Crippen molar-refractivity contribution < 1.29 is 37.7 Å². The molecule has 33 heavy (non-hydrogen) atoms. The fraction of sp³-hybridized carbons (Fsp3) is 0.350. The molecule has 2 aromatic heterocycles. The van der Waals surface area contributed by atoms with Gasteiger partial charge in [0.05, 0.1) is 42.0 Å². The van der Waals surface area contributed by atoms with Crippen LogP contribution >= 0.6 is 0 Å². The average molecular weight is 469 g/mol. The average Bonchev–Trinajstić information content (AvgIpc) is 3.18. The predicted molar refractivity (Wildman–Crippen MR) is 110 cm³/mol. The first-order chi connectivity index (χ1) is 15.8. The second kappa shape index (κ2) is 10.9. The first-order valence-electron chi connectivity index (χ1n) is 9.81. The van der Waals surface area contributed by atoms with Crippen LogP contribution in [-0.4, -0.2) is 57.4 Å². The monoisotopic (exact) mass is 469 g/mol. The number of anilines is 1. The molecular formula is C20H22F3N5O5. The number of nitrogens with one attached hydrogen (secondary N) is 3. The molecule has 0 spiro atoms. The number of aromatic amines is 1. The van der Waals surface area contributed by atoms with Gasteiger partial charge in [-0.1, -0.05) is 12.1 Å². The van der Waals surface area contributed by atoms with Gasteiger partial charge in [-0.3, -0.25) is 10.4 Å². The number of hydrogen-bond donors (Lipinski definition) is 5. The molecule has 2 atom stereocenters. The Bertz CT molecular complexity index is 1080. The van der Waals surface area contributed by atoms with Gasteiger partial charge in [0.15, 0.2) is 0 Å². The molecule has 0 radical (unpaired) electrons. The summed E-state index contributed by atoms with van der Waals surface area (Å²) in [7, 11) is 0. The minimum Gasteiger partial charge on any atom is -0.474 e. The number of urea groups is 1. The summed E-state index contributed by atoms with van der Waals surface area (Å²) in [5.74, 6) is -0.365. The second-order valence-corrected chi connectivity index (χ2v) is 6.91. The van der Waals surface area contributed by atoms with Crippen molar-refractivity contribution in [2.45, 2.75) is 32.3 Å². The fourth-order valence-electron chi connectivity index (χ4n) is 3.10. The highest BCUT2D eigenvalue weighted by Gasteiger charge is 2.21. The minimum atomic E-state index is -2.92. The molecule has 0 saturated heterocycles. The van der Waals surface area contributed by atoms with Crippen LogP contribution in [0.5, 0.6) is 5.88 Å². The Morgan fingerprint density at radius 2 is 1.97 bits per heavy atom. The smallest absolute Gasteiger partial charge is 0.345 e. The zero-order chi connectivity index (χ0) is 24.0. The Balaban J connectivity index is 1.73. The molecule has 0 aliphatic carbocycles. The maximum Gasteiger partial charge on any atom is 0.345 e. The van der Waals surface area contributed by atoms with Gasteiger partial charge in [-0.15, -0.1) is 5.10 Å². The lowest BCUT2D eigenvalue weighted by molar-refractivity contribution is -0.133. The highest BCUT2D eigenvalue weighted by atomic mass is 19.3. The third-order valence-electron chi connectivity index (χ3n) is 4.54.